The molecule has 1 aromatic heterocycles. The van der Waals surface area contributed by atoms with Gasteiger partial charge in [0, 0.05) is 6.20 Å². The standard InChI is InChI=1S/C21H17FN4O5.C2H6.CH3F/c22-14-8-6-13(7-9-14)17(12-4-2-1-3-5-12)25-19(29)15-10-23-18(26-20(15)30)21(31)24-11-16(27)28;2*1-2/h1-10,17H,11H2,(H,24,31)(H,25,29)(H,27,28)(H,23,26,30);1-2H3;1H3. The molecule has 11 heteroatoms. The Morgan fingerprint density at radius 2 is 1.54 bits per heavy atom. The number of carbonyl (C=O) groups excluding carboxylic acids is 2. The summed E-state index contributed by atoms with van der Waals surface area (Å²) in [6.45, 7) is 3.35. The lowest BCUT2D eigenvalue weighted by Crippen LogP contribution is -2.36. The highest BCUT2D eigenvalue weighted by molar-refractivity contribution is 5.95. The van der Waals surface area contributed by atoms with Crippen LogP contribution in [-0.2, 0) is 4.79 Å². The van der Waals surface area contributed by atoms with Gasteiger partial charge in [0.25, 0.3) is 17.4 Å². The second-order valence-corrected chi connectivity index (χ2v) is 6.42. The number of aliphatic carboxylic acids is 1. The fourth-order valence-corrected chi connectivity index (χ4v) is 2.78. The zero-order valence-corrected chi connectivity index (χ0v) is 19.3. The van der Waals surface area contributed by atoms with Gasteiger partial charge < -0.3 is 20.7 Å². The summed E-state index contributed by atoms with van der Waals surface area (Å²) < 4.78 is 22.8. The van der Waals surface area contributed by atoms with Gasteiger partial charge in [-0.25, -0.2) is 9.37 Å². The molecule has 3 aromatic rings. The monoisotopic (exact) mass is 488 g/mol. The minimum absolute atomic E-state index is 0.349. The third-order valence-corrected chi connectivity index (χ3v) is 4.27. The van der Waals surface area contributed by atoms with Crippen molar-refractivity contribution in [3.8, 4) is 0 Å². The summed E-state index contributed by atoms with van der Waals surface area (Å²) in [6, 6.07) is 13.8. The molecule has 186 valence electrons. The first-order chi connectivity index (χ1) is 16.8. The molecule has 0 bridgehead atoms. The Bertz CT molecular complexity index is 1170. The zero-order valence-electron chi connectivity index (χ0n) is 19.3. The van der Waals surface area contributed by atoms with Crippen molar-refractivity contribution in [3.05, 3.63) is 99.5 Å². The summed E-state index contributed by atoms with van der Waals surface area (Å²) >= 11 is 0. The Labute approximate surface area is 200 Å². The number of amides is 2. The predicted molar refractivity (Wildman–Crippen MR) is 125 cm³/mol. The highest BCUT2D eigenvalue weighted by Crippen LogP contribution is 2.22. The molecule has 0 aliphatic carbocycles. The van der Waals surface area contributed by atoms with Crippen molar-refractivity contribution in [2.45, 2.75) is 19.9 Å². The smallest absolute Gasteiger partial charge is 0.322 e. The molecule has 0 radical (unpaired) electrons. The Hall–Kier alpha value is -4.41. The van der Waals surface area contributed by atoms with Crippen LogP contribution in [0, 0.1) is 5.82 Å². The van der Waals surface area contributed by atoms with E-state index >= 15 is 0 Å². The average Bonchev–Trinajstić information content (AvgIpc) is 2.89. The van der Waals surface area contributed by atoms with E-state index in [1.165, 1.54) is 24.3 Å². The van der Waals surface area contributed by atoms with E-state index in [1.54, 1.807) is 30.3 Å². The van der Waals surface area contributed by atoms with Gasteiger partial charge in [-0.05, 0) is 23.3 Å². The minimum atomic E-state index is -1.26. The number of aromatic amines is 1. The fraction of sp³-hybridized carbons (Fsp3) is 0.208. The van der Waals surface area contributed by atoms with Gasteiger partial charge in [0.15, 0.2) is 5.82 Å². The third-order valence-electron chi connectivity index (χ3n) is 4.27. The second kappa shape index (κ2) is 14.7. The van der Waals surface area contributed by atoms with E-state index in [1.807, 2.05) is 13.8 Å². The molecule has 9 nitrogen and oxygen atoms in total. The number of carbonyl (C=O) groups is 3. The lowest BCUT2D eigenvalue weighted by Gasteiger charge is -2.19. The van der Waals surface area contributed by atoms with Gasteiger partial charge in [-0.15, -0.1) is 0 Å². The fourth-order valence-electron chi connectivity index (χ4n) is 2.78. The summed E-state index contributed by atoms with van der Waals surface area (Å²) in [5, 5.41) is 13.4. The van der Waals surface area contributed by atoms with Crippen molar-refractivity contribution >= 4 is 17.8 Å². The van der Waals surface area contributed by atoms with Crippen molar-refractivity contribution in [1.82, 2.24) is 20.6 Å². The molecule has 0 fully saturated rings. The van der Waals surface area contributed by atoms with Crippen molar-refractivity contribution in [1.29, 1.82) is 0 Å². The number of carboxylic acids is 1. The first kappa shape index (κ1) is 28.6. The Balaban J connectivity index is 0.00000145. The van der Waals surface area contributed by atoms with E-state index in [4.69, 9.17) is 5.11 Å². The SMILES string of the molecule is CC.CF.O=C(O)CNC(=O)c1ncc(C(=O)NC(c2ccccc2)c2ccc(F)cc2)c(=O)[nH]1. The average molecular weight is 488 g/mol. The van der Waals surface area contributed by atoms with Crippen LogP contribution >= 0.6 is 0 Å². The molecule has 0 saturated heterocycles. The molecular weight excluding hydrogens is 462 g/mol. The molecule has 1 heterocycles. The van der Waals surface area contributed by atoms with Gasteiger partial charge >= 0.3 is 5.97 Å². The molecule has 35 heavy (non-hydrogen) atoms. The topological polar surface area (TPSA) is 141 Å². The van der Waals surface area contributed by atoms with Gasteiger partial charge in [0.2, 0.25) is 0 Å². The molecule has 1 unspecified atom stereocenters. The first-order valence-corrected chi connectivity index (χ1v) is 10.4. The quantitative estimate of drug-likeness (QED) is 0.403. The Morgan fingerprint density at radius 1 is 0.971 bits per heavy atom. The van der Waals surface area contributed by atoms with Gasteiger partial charge in [-0.3, -0.25) is 23.6 Å². The number of nitrogens with one attached hydrogen (secondary N) is 3. The highest BCUT2D eigenvalue weighted by atomic mass is 19.1. The van der Waals surface area contributed by atoms with Crippen LogP contribution in [0.4, 0.5) is 8.78 Å². The van der Waals surface area contributed by atoms with Crippen LogP contribution in [0.5, 0.6) is 0 Å². The van der Waals surface area contributed by atoms with Crippen molar-refractivity contribution in [2.75, 3.05) is 13.7 Å². The largest absolute Gasteiger partial charge is 0.480 e. The molecule has 0 aliphatic heterocycles. The molecule has 0 saturated carbocycles. The van der Waals surface area contributed by atoms with Crippen molar-refractivity contribution in [3.63, 3.8) is 0 Å². The Morgan fingerprint density at radius 3 is 2.09 bits per heavy atom. The Kier molecular flexibility index (Phi) is 12.0. The lowest BCUT2D eigenvalue weighted by molar-refractivity contribution is -0.135. The molecule has 0 spiro atoms. The lowest BCUT2D eigenvalue weighted by atomic mass is 9.98. The van der Waals surface area contributed by atoms with Crippen LogP contribution in [0.1, 0.15) is 52.0 Å². The number of H-pyrrole nitrogens is 1. The van der Waals surface area contributed by atoms with E-state index in [0.29, 0.717) is 18.3 Å². The minimum Gasteiger partial charge on any atom is -0.480 e. The van der Waals surface area contributed by atoms with Crippen molar-refractivity contribution < 1.29 is 28.3 Å². The second-order valence-electron chi connectivity index (χ2n) is 6.42. The van der Waals surface area contributed by atoms with Crippen LogP contribution in [0.2, 0.25) is 0 Å². The number of hydrogen-bond acceptors (Lipinski definition) is 5. The van der Waals surface area contributed by atoms with Gasteiger partial charge in [0.1, 0.15) is 17.9 Å². The van der Waals surface area contributed by atoms with Crippen LogP contribution in [0.3, 0.4) is 0 Å². The van der Waals surface area contributed by atoms with E-state index in [-0.39, 0.29) is 5.56 Å². The number of benzene rings is 2. The summed E-state index contributed by atoms with van der Waals surface area (Å²) in [5.74, 6) is -3.79. The normalized spacial score (nSPS) is 10.4. The van der Waals surface area contributed by atoms with E-state index in [2.05, 4.69) is 20.6 Å². The van der Waals surface area contributed by atoms with E-state index in [9.17, 15) is 28.0 Å². The van der Waals surface area contributed by atoms with E-state index in [0.717, 1.165) is 6.20 Å². The number of carboxylic acid groups (broad SMARTS) is 1. The molecule has 2 aromatic carbocycles. The summed E-state index contributed by atoms with van der Waals surface area (Å²) in [5.41, 5.74) is 0.0724. The third kappa shape index (κ3) is 8.46. The predicted octanol–water partition coefficient (Wildman–Crippen LogP) is 2.85. The number of halogens is 2. The maximum atomic E-state index is 13.3. The van der Waals surface area contributed by atoms with Gasteiger partial charge in [0.05, 0.1) is 13.2 Å². The van der Waals surface area contributed by atoms with E-state index < -0.39 is 47.6 Å². The maximum Gasteiger partial charge on any atom is 0.322 e. The summed E-state index contributed by atoms with van der Waals surface area (Å²) in [4.78, 5) is 53.3. The van der Waals surface area contributed by atoms with Crippen molar-refractivity contribution in [2.24, 2.45) is 0 Å². The molecule has 4 N–H and O–H groups in total. The number of nitrogens with zero attached hydrogens (tertiary/aromatic N) is 1. The maximum absolute atomic E-state index is 13.3. The first-order valence-electron chi connectivity index (χ1n) is 10.4. The molecule has 1 atom stereocenters. The van der Waals surface area contributed by atoms with Crippen LogP contribution in [0.15, 0.2) is 65.6 Å². The number of aromatic nitrogens is 2. The number of alkyl halides is 1. The molecule has 3 rings (SSSR count). The number of rotatable bonds is 7. The number of hydrogen-bond donors (Lipinski definition) is 4. The summed E-state index contributed by atoms with van der Waals surface area (Å²) in [6.07, 6.45) is 0.927. The van der Waals surface area contributed by atoms with Gasteiger partial charge in [-0.1, -0.05) is 56.3 Å². The van der Waals surface area contributed by atoms with Crippen LogP contribution in [0.25, 0.3) is 0 Å². The van der Waals surface area contributed by atoms with Crippen LogP contribution < -0.4 is 16.2 Å². The molecule has 0 aliphatic rings. The molecule has 2 amide bonds. The molecular formula is C24H26F2N4O5. The highest BCUT2D eigenvalue weighted by Gasteiger charge is 2.21. The summed E-state index contributed by atoms with van der Waals surface area (Å²) in [7, 11) is 0.500. The zero-order chi connectivity index (χ0) is 26.4. The van der Waals surface area contributed by atoms with Crippen LogP contribution in [-0.4, -0.2) is 46.6 Å². The van der Waals surface area contributed by atoms with Gasteiger partial charge in [-0.2, -0.15) is 0 Å².